The number of nitrogens with one attached hydrogen (secondary N) is 1. The number of anilines is 2. The number of nitrogens with zero attached hydrogens (tertiary/aromatic N) is 1. The number of hydrogen-bond acceptors (Lipinski definition) is 6. The van der Waals surface area contributed by atoms with Crippen LogP contribution in [-0.4, -0.2) is 45.3 Å². The van der Waals surface area contributed by atoms with E-state index in [0.717, 1.165) is 11.3 Å². The third kappa shape index (κ3) is 7.14. The quantitative estimate of drug-likeness (QED) is 0.323. The maximum atomic E-state index is 12.7. The van der Waals surface area contributed by atoms with Gasteiger partial charge in [0.05, 0.1) is 25.9 Å². The van der Waals surface area contributed by atoms with Gasteiger partial charge >= 0.3 is 0 Å². The lowest BCUT2D eigenvalue weighted by atomic mass is 9.87. The van der Waals surface area contributed by atoms with Crippen molar-refractivity contribution in [3.8, 4) is 23.0 Å². The van der Waals surface area contributed by atoms with Gasteiger partial charge in [-0.25, -0.2) is 0 Å². The van der Waals surface area contributed by atoms with E-state index in [1.54, 1.807) is 48.4 Å². The fourth-order valence-electron chi connectivity index (χ4n) is 4.25. The van der Waals surface area contributed by atoms with Crippen molar-refractivity contribution < 1.29 is 28.5 Å². The average Bonchev–Trinajstić information content (AvgIpc) is 2.93. The van der Waals surface area contributed by atoms with Gasteiger partial charge in [0, 0.05) is 11.8 Å². The van der Waals surface area contributed by atoms with Gasteiger partial charge < -0.3 is 29.2 Å². The Morgan fingerprint density at radius 2 is 1.80 bits per heavy atom. The van der Waals surface area contributed by atoms with Crippen LogP contribution in [0.25, 0.3) is 6.08 Å². The highest BCUT2D eigenvalue weighted by atomic mass is 16.5. The zero-order valence-electron chi connectivity index (χ0n) is 23.7. The monoisotopic (exact) mass is 544 g/mol. The summed E-state index contributed by atoms with van der Waals surface area (Å²) < 4.78 is 22.4. The van der Waals surface area contributed by atoms with E-state index in [4.69, 9.17) is 18.9 Å². The van der Waals surface area contributed by atoms with Crippen LogP contribution in [0.2, 0.25) is 0 Å². The largest absolute Gasteiger partial charge is 0.493 e. The molecule has 40 heavy (non-hydrogen) atoms. The molecule has 0 bridgehead atoms. The fraction of sp³-hybridized carbons (Fsp3) is 0.312. The predicted molar refractivity (Wildman–Crippen MR) is 157 cm³/mol. The van der Waals surface area contributed by atoms with Crippen LogP contribution in [0.15, 0.2) is 66.7 Å². The lowest BCUT2D eigenvalue weighted by Gasteiger charge is -2.29. The Kier molecular flexibility index (Phi) is 8.99. The van der Waals surface area contributed by atoms with Crippen LogP contribution in [0.4, 0.5) is 11.4 Å². The SMILES string of the molecule is CCOc1ccc(/C=C/C(=O)Nc2ccc3c(c2)N(CCOc2ccc(C(C)(C)C)cc2)C(=O)CO3)cc1OC. The highest BCUT2D eigenvalue weighted by Crippen LogP contribution is 2.35. The maximum Gasteiger partial charge on any atom is 0.265 e. The minimum atomic E-state index is -0.315. The highest BCUT2D eigenvalue weighted by Gasteiger charge is 2.26. The van der Waals surface area contributed by atoms with Crippen molar-refractivity contribution >= 4 is 29.3 Å². The number of carbonyl (C=O) groups is 2. The summed E-state index contributed by atoms with van der Waals surface area (Å²) in [6.07, 6.45) is 3.13. The molecule has 0 saturated carbocycles. The summed E-state index contributed by atoms with van der Waals surface area (Å²) in [5.74, 6) is 2.06. The Labute approximate surface area is 235 Å². The Bertz CT molecular complexity index is 1380. The van der Waals surface area contributed by atoms with Gasteiger partial charge in [-0.05, 0) is 72.0 Å². The smallest absolute Gasteiger partial charge is 0.265 e. The maximum absolute atomic E-state index is 12.7. The predicted octanol–water partition coefficient (Wildman–Crippen LogP) is 5.85. The zero-order chi connectivity index (χ0) is 28.7. The average molecular weight is 545 g/mol. The molecule has 0 radical (unpaired) electrons. The van der Waals surface area contributed by atoms with Crippen molar-refractivity contribution in [2.24, 2.45) is 0 Å². The van der Waals surface area contributed by atoms with Crippen molar-refractivity contribution in [3.63, 3.8) is 0 Å². The van der Waals surface area contributed by atoms with Crippen LogP contribution in [-0.2, 0) is 15.0 Å². The van der Waals surface area contributed by atoms with Crippen LogP contribution < -0.4 is 29.2 Å². The molecule has 3 aromatic carbocycles. The number of carbonyl (C=O) groups excluding carboxylic acids is 2. The van der Waals surface area contributed by atoms with Crippen LogP contribution in [0.1, 0.15) is 38.8 Å². The molecule has 210 valence electrons. The number of ether oxygens (including phenoxy) is 4. The number of benzene rings is 3. The lowest BCUT2D eigenvalue weighted by Crippen LogP contribution is -2.41. The molecule has 0 spiro atoms. The van der Waals surface area contributed by atoms with E-state index in [1.165, 1.54) is 11.6 Å². The van der Waals surface area contributed by atoms with Crippen LogP contribution in [0.3, 0.4) is 0 Å². The van der Waals surface area contributed by atoms with Crippen molar-refractivity contribution in [1.82, 2.24) is 0 Å². The summed E-state index contributed by atoms with van der Waals surface area (Å²) >= 11 is 0. The summed E-state index contributed by atoms with van der Waals surface area (Å²) in [5, 5.41) is 2.85. The molecule has 8 nitrogen and oxygen atoms in total. The molecule has 4 rings (SSSR count). The van der Waals surface area contributed by atoms with E-state index < -0.39 is 0 Å². The summed E-state index contributed by atoms with van der Waals surface area (Å²) in [7, 11) is 1.57. The summed E-state index contributed by atoms with van der Waals surface area (Å²) in [5.41, 5.74) is 3.20. The summed E-state index contributed by atoms with van der Waals surface area (Å²) in [6, 6.07) is 18.7. The molecule has 3 aromatic rings. The van der Waals surface area contributed by atoms with Crippen LogP contribution in [0, 0.1) is 0 Å². The van der Waals surface area contributed by atoms with Gasteiger partial charge in [0.15, 0.2) is 18.1 Å². The van der Waals surface area contributed by atoms with E-state index in [1.807, 2.05) is 25.1 Å². The molecule has 1 aliphatic rings. The zero-order valence-corrected chi connectivity index (χ0v) is 23.7. The van der Waals surface area contributed by atoms with E-state index in [0.29, 0.717) is 48.4 Å². The van der Waals surface area contributed by atoms with Gasteiger partial charge in [-0.15, -0.1) is 0 Å². The molecule has 0 aromatic heterocycles. The van der Waals surface area contributed by atoms with Crippen molar-refractivity contribution in [1.29, 1.82) is 0 Å². The Balaban J connectivity index is 1.39. The molecule has 8 heteroatoms. The lowest BCUT2D eigenvalue weighted by molar-refractivity contribution is -0.121. The van der Waals surface area contributed by atoms with Crippen molar-refractivity contribution in [2.75, 3.05) is 43.7 Å². The van der Waals surface area contributed by atoms with Crippen LogP contribution in [0.5, 0.6) is 23.0 Å². The Morgan fingerprint density at radius 1 is 1.02 bits per heavy atom. The van der Waals surface area contributed by atoms with Gasteiger partial charge in [0.25, 0.3) is 5.91 Å². The number of methoxy groups -OCH3 is 1. The van der Waals surface area contributed by atoms with E-state index in [2.05, 4.69) is 38.2 Å². The summed E-state index contributed by atoms with van der Waals surface area (Å²) in [6.45, 7) is 9.52. The van der Waals surface area contributed by atoms with Crippen molar-refractivity contribution in [2.45, 2.75) is 33.1 Å². The number of rotatable bonds is 10. The van der Waals surface area contributed by atoms with E-state index in [-0.39, 0.29) is 23.8 Å². The van der Waals surface area contributed by atoms with E-state index in [9.17, 15) is 9.59 Å². The summed E-state index contributed by atoms with van der Waals surface area (Å²) in [4.78, 5) is 27.0. The van der Waals surface area contributed by atoms with Crippen molar-refractivity contribution in [3.05, 3.63) is 77.9 Å². The van der Waals surface area contributed by atoms with E-state index >= 15 is 0 Å². The molecule has 1 aliphatic heterocycles. The van der Waals surface area contributed by atoms with Gasteiger partial charge in [-0.1, -0.05) is 39.0 Å². The molecule has 0 fully saturated rings. The first-order chi connectivity index (χ1) is 19.2. The van der Waals surface area contributed by atoms with Gasteiger partial charge in [0.1, 0.15) is 18.1 Å². The first-order valence-electron chi connectivity index (χ1n) is 13.3. The van der Waals surface area contributed by atoms with Gasteiger partial charge in [-0.2, -0.15) is 0 Å². The first-order valence-corrected chi connectivity index (χ1v) is 13.3. The van der Waals surface area contributed by atoms with Gasteiger partial charge in [-0.3, -0.25) is 9.59 Å². The molecule has 1 heterocycles. The second-order valence-electron chi connectivity index (χ2n) is 10.3. The molecular formula is C32H36N2O6. The second-order valence-corrected chi connectivity index (χ2v) is 10.3. The standard InChI is InChI=1S/C32H36N2O6/c1-6-38-28-14-7-22(19-29(28)37-5)8-16-30(35)33-24-11-15-27-26(20-24)34(31(36)21-40-27)17-18-39-25-12-9-23(10-13-25)32(2,3)4/h7-16,19-20H,6,17-18,21H2,1-5H3,(H,33,35)/b16-8+. The minimum absolute atomic E-state index is 0.0483. The Hall–Kier alpha value is -4.46. The normalized spacial score (nSPS) is 13.0. The molecule has 2 amide bonds. The molecule has 0 aliphatic carbocycles. The minimum Gasteiger partial charge on any atom is -0.493 e. The molecule has 0 atom stereocenters. The first kappa shape index (κ1) is 28.5. The third-order valence-corrected chi connectivity index (χ3v) is 6.39. The number of hydrogen-bond donors (Lipinski definition) is 1. The topological polar surface area (TPSA) is 86.3 Å². The van der Waals surface area contributed by atoms with Crippen LogP contribution >= 0.6 is 0 Å². The highest BCUT2D eigenvalue weighted by molar-refractivity contribution is 6.03. The Morgan fingerprint density at radius 3 is 2.50 bits per heavy atom. The van der Waals surface area contributed by atoms with Gasteiger partial charge in [0.2, 0.25) is 5.91 Å². The molecule has 1 N–H and O–H groups in total. The number of amides is 2. The third-order valence-electron chi connectivity index (χ3n) is 6.39. The number of fused-ring (bicyclic) bond motifs is 1. The second kappa shape index (κ2) is 12.6. The molecule has 0 unspecified atom stereocenters. The molecular weight excluding hydrogens is 508 g/mol. The molecule has 0 saturated heterocycles. The fourth-order valence-corrected chi connectivity index (χ4v) is 4.25.